The highest BCUT2D eigenvalue weighted by atomic mass is 32.2. The van der Waals surface area contributed by atoms with Gasteiger partial charge in [-0.15, -0.1) is 0 Å². The maximum atomic E-state index is 12.4. The average molecular weight is 247 g/mol. The maximum Gasteiger partial charge on any atom is 0.156 e. The molecule has 2 N–H and O–H groups in total. The summed E-state index contributed by atoms with van der Waals surface area (Å²) in [5, 5.41) is -0.362. The second-order valence-electron chi connectivity index (χ2n) is 4.87. The van der Waals surface area contributed by atoms with Crippen LogP contribution in [0.3, 0.4) is 0 Å². The molecule has 2 unspecified atom stereocenters. The van der Waals surface area contributed by atoms with Crippen molar-refractivity contribution < 1.29 is 13.2 Å². The van der Waals surface area contributed by atoms with Crippen molar-refractivity contribution in [1.29, 1.82) is 0 Å². The molecule has 1 heterocycles. The lowest BCUT2D eigenvalue weighted by Crippen LogP contribution is -2.39. The third-order valence-corrected chi connectivity index (χ3v) is 6.81. The average Bonchev–Trinajstić information content (AvgIpc) is 2.79. The predicted molar refractivity (Wildman–Crippen MR) is 62.9 cm³/mol. The molecule has 0 bridgehead atoms. The minimum absolute atomic E-state index is 0.180. The zero-order valence-corrected chi connectivity index (χ0v) is 10.4. The first-order chi connectivity index (χ1) is 7.66. The lowest BCUT2D eigenvalue weighted by molar-refractivity contribution is 0.0981. The highest BCUT2D eigenvalue weighted by molar-refractivity contribution is 7.92. The van der Waals surface area contributed by atoms with Crippen LogP contribution in [0.15, 0.2) is 0 Å². The smallest absolute Gasteiger partial charge is 0.156 e. The fraction of sp³-hybridized carbons (Fsp3) is 1.00. The summed E-state index contributed by atoms with van der Waals surface area (Å²) in [4.78, 5) is 0. The molecule has 1 aliphatic heterocycles. The molecule has 0 aromatic rings. The molecule has 1 saturated heterocycles. The summed E-state index contributed by atoms with van der Waals surface area (Å²) in [5.74, 6) is 0.188. The van der Waals surface area contributed by atoms with Gasteiger partial charge in [-0.25, -0.2) is 8.42 Å². The molecule has 1 saturated carbocycles. The van der Waals surface area contributed by atoms with Gasteiger partial charge >= 0.3 is 0 Å². The van der Waals surface area contributed by atoms with Crippen LogP contribution in [0.2, 0.25) is 0 Å². The lowest BCUT2D eigenvalue weighted by Gasteiger charge is -2.27. The van der Waals surface area contributed by atoms with Gasteiger partial charge in [0, 0.05) is 13.2 Å². The Bertz CT molecular complexity index is 322. The Labute approximate surface area is 97.5 Å². The van der Waals surface area contributed by atoms with Crippen molar-refractivity contribution in [2.24, 2.45) is 11.7 Å². The van der Waals surface area contributed by atoms with Crippen LogP contribution in [0.1, 0.15) is 32.1 Å². The summed E-state index contributed by atoms with van der Waals surface area (Å²) in [6.07, 6.45) is 4.12. The topological polar surface area (TPSA) is 69.4 Å². The van der Waals surface area contributed by atoms with Crippen LogP contribution >= 0.6 is 0 Å². The van der Waals surface area contributed by atoms with E-state index in [1.807, 2.05) is 0 Å². The molecule has 0 aromatic heterocycles. The summed E-state index contributed by atoms with van der Waals surface area (Å²) in [7, 11) is -2.98. The third kappa shape index (κ3) is 2.26. The highest BCUT2D eigenvalue weighted by Crippen LogP contribution is 2.34. The second kappa shape index (κ2) is 5.02. The Kier molecular flexibility index (Phi) is 3.87. The first kappa shape index (κ1) is 12.3. The Morgan fingerprint density at radius 2 is 1.81 bits per heavy atom. The summed E-state index contributed by atoms with van der Waals surface area (Å²) in [5.41, 5.74) is 5.66. The molecule has 2 atom stereocenters. The van der Waals surface area contributed by atoms with Gasteiger partial charge in [0.2, 0.25) is 0 Å². The zero-order valence-electron chi connectivity index (χ0n) is 9.60. The Hall–Kier alpha value is -0.130. The number of hydrogen-bond donors (Lipinski definition) is 1. The van der Waals surface area contributed by atoms with Crippen LogP contribution in [-0.4, -0.2) is 38.7 Å². The van der Waals surface area contributed by atoms with Crippen LogP contribution in [0.25, 0.3) is 0 Å². The quantitative estimate of drug-likeness (QED) is 0.797. The number of rotatable bonds is 3. The van der Waals surface area contributed by atoms with Crippen molar-refractivity contribution in [1.82, 2.24) is 0 Å². The molecule has 0 aromatic carbocycles. The van der Waals surface area contributed by atoms with Gasteiger partial charge in [0.05, 0.1) is 10.5 Å². The van der Waals surface area contributed by atoms with Crippen molar-refractivity contribution >= 4 is 9.84 Å². The van der Waals surface area contributed by atoms with E-state index in [0.29, 0.717) is 32.6 Å². The standard InChI is InChI=1S/C11H21NO3S/c12-8-9-2-1-3-11(9)16(13,14)10-4-6-15-7-5-10/h9-11H,1-8,12H2. The molecule has 2 fully saturated rings. The molecule has 1 aliphatic carbocycles. The monoisotopic (exact) mass is 247 g/mol. The van der Waals surface area contributed by atoms with Gasteiger partial charge < -0.3 is 10.5 Å². The fourth-order valence-electron chi connectivity index (χ4n) is 2.96. The molecule has 4 nitrogen and oxygen atoms in total. The molecule has 94 valence electrons. The fourth-order valence-corrected chi connectivity index (χ4v) is 5.58. The van der Waals surface area contributed by atoms with Crippen molar-refractivity contribution in [2.45, 2.75) is 42.6 Å². The van der Waals surface area contributed by atoms with Gasteiger partial charge in [-0.3, -0.25) is 0 Å². The van der Waals surface area contributed by atoms with Crippen molar-refractivity contribution in [2.75, 3.05) is 19.8 Å². The van der Waals surface area contributed by atoms with E-state index in [4.69, 9.17) is 10.5 Å². The predicted octanol–water partition coefficient (Wildman–Crippen LogP) is 0.708. The van der Waals surface area contributed by atoms with Gasteiger partial charge in [-0.05, 0) is 38.1 Å². The number of hydrogen-bond acceptors (Lipinski definition) is 4. The molecule has 16 heavy (non-hydrogen) atoms. The van der Waals surface area contributed by atoms with E-state index in [0.717, 1.165) is 19.3 Å². The van der Waals surface area contributed by atoms with Crippen molar-refractivity contribution in [3.05, 3.63) is 0 Å². The molecule has 0 amide bonds. The van der Waals surface area contributed by atoms with Gasteiger partial charge in [-0.1, -0.05) is 6.42 Å². The largest absolute Gasteiger partial charge is 0.381 e. The summed E-state index contributed by atoms with van der Waals surface area (Å²) in [6, 6.07) is 0. The highest BCUT2D eigenvalue weighted by Gasteiger charge is 2.41. The molecule has 0 spiro atoms. The van der Waals surface area contributed by atoms with E-state index in [1.165, 1.54) is 0 Å². The minimum atomic E-state index is -2.98. The van der Waals surface area contributed by atoms with Crippen LogP contribution in [0.4, 0.5) is 0 Å². The SMILES string of the molecule is NCC1CCCC1S(=O)(=O)C1CCOCC1. The Morgan fingerprint density at radius 1 is 1.12 bits per heavy atom. The molecular weight excluding hydrogens is 226 g/mol. The summed E-state index contributed by atoms with van der Waals surface area (Å²) in [6.45, 7) is 1.68. The number of ether oxygens (including phenoxy) is 1. The lowest BCUT2D eigenvalue weighted by atomic mass is 10.1. The van der Waals surface area contributed by atoms with E-state index in [9.17, 15) is 8.42 Å². The van der Waals surface area contributed by atoms with Crippen LogP contribution in [-0.2, 0) is 14.6 Å². The Morgan fingerprint density at radius 3 is 2.44 bits per heavy atom. The van der Waals surface area contributed by atoms with Crippen LogP contribution < -0.4 is 5.73 Å². The third-order valence-electron chi connectivity index (χ3n) is 3.95. The van der Waals surface area contributed by atoms with Crippen molar-refractivity contribution in [3.63, 3.8) is 0 Å². The molecule has 2 aliphatic rings. The van der Waals surface area contributed by atoms with E-state index >= 15 is 0 Å². The molecule has 0 radical (unpaired) electrons. The first-order valence-electron chi connectivity index (χ1n) is 6.16. The van der Waals surface area contributed by atoms with Crippen molar-refractivity contribution in [3.8, 4) is 0 Å². The van der Waals surface area contributed by atoms with E-state index in [1.54, 1.807) is 0 Å². The van der Waals surface area contributed by atoms with Gasteiger partial charge in [-0.2, -0.15) is 0 Å². The molecule has 5 heteroatoms. The van der Waals surface area contributed by atoms with Crippen LogP contribution in [0.5, 0.6) is 0 Å². The number of sulfone groups is 1. The number of nitrogens with two attached hydrogens (primary N) is 1. The van der Waals surface area contributed by atoms with E-state index < -0.39 is 9.84 Å². The Balaban J connectivity index is 2.11. The molecule has 2 rings (SSSR count). The normalized spacial score (nSPS) is 33.1. The van der Waals surface area contributed by atoms with Gasteiger partial charge in [0.25, 0.3) is 0 Å². The molecular formula is C11H21NO3S. The minimum Gasteiger partial charge on any atom is -0.381 e. The zero-order chi connectivity index (χ0) is 11.6. The van der Waals surface area contributed by atoms with E-state index in [2.05, 4.69) is 0 Å². The van der Waals surface area contributed by atoms with Crippen LogP contribution in [0, 0.1) is 5.92 Å². The van der Waals surface area contributed by atoms with Gasteiger partial charge in [0.15, 0.2) is 9.84 Å². The first-order valence-corrected chi connectivity index (χ1v) is 7.77. The summed E-state index contributed by atoms with van der Waals surface area (Å²) >= 11 is 0. The summed E-state index contributed by atoms with van der Waals surface area (Å²) < 4.78 is 30.1. The van der Waals surface area contributed by atoms with Gasteiger partial charge in [0.1, 0.15) is 0 Å². The second-order valence-corrected chi connectivity index (χ2v) is 7.32. The van der Waals surface area contributed by atoms with E-state index in [-0.39, 0.29) is 16.4 Å². The maximum absolute atomic E-state index is 12.4.